The van der Waals surface area contributed by atoms with Crippen molar-refractivity contribution >= 4 is 0 Å². The molecular weight excluding hydrogens is 544 g/mol. The van der Waals surface area contributed by atoms with Gasteiger partial charge in [0.05, 0.1) is 0 Å². The fourth-order valence-electron chi connectivity index (χ4n) is 7.30. The Kier molecular flexibility index (Phi) is 31.2. The van der Waals surface area contributed by atoms with E-state index in [4.69, 9.17) is 4.42 Å². The summed E-state index contributed by atoms with van der Waals surface area (Å²) in [6.07, 6.45) is 49.8. The van der Waals surface area contributed by atoms with Crippen molar-refractivity contribution in [2.24, 2.45) is 0 Å². The van der Waals surface area contributed by atoms with Crippen molar-refractivity contribution in [3.63, 3.8) is 0 Å². The lowest BCUT2D eigenvalue weighted by atomic mass is 9.93. The molecule has 0 spiro atoms. The number of aryl methyl sites for hydroxylation is 2. The first kappa shape index (κ1) is 42.3. The second-order valence-electron chi connectivity index (χ2n) is 14.8. The van der Waals surface area contributed by atoms with Crippen LogP contribution in [0.2, 0.25) is 0 Å². The van der Waals surface area contributed by atoms with Gasteiger partial charge in [-0.3, -0.25) is 0 Å². The highest BCUT2D eigenvalue weighted by Crippen LogP contribution is 2.30. The molecule has 0 radical (unpaired) electrons. The average Bonchev–Trinajstić information content (AvgIpc) is 3.37. The predicted octanol–water partition coefficient (Wildman–Crippen LogP) is 16.0. The summed E-state index contributed by atoms with van der Waals surface area (Å²) in [7, 11) is 0. The third-order valence-corrected chi connectivity index (χ3v) is 10.4. The van der Waals surface area contributed by atoms with Gasteiger partial charge in [-0.05, 0) is 49.7 Å². The van der Waals surface area contributed by atoms with E-state index in [1.807, 2.05) is 0 Å². The van der Waals surface area contributed by atoms with Gasteiger partial charge in [0, 0.05) is 12.8 Å². The van der Waals surface area contributed by atoms with Crippen LogP contribution in [-0.2, 0) is 25.7 Å². The minimum atomic E-state index is 1.18. The fraction of sp³-hybridized carbons (Fsp3) is 0.909. The average molecular weight is 629 g/mol. The largest absolute Gasteiger partial charge is 0.466 e. The monoisotopic (exact) mass is 629 g/mol. The van der Waals surface area contributed by atoms with Gasteiger partial charge in [-0.15, -0.1) is 0 Å². The molecule has 0 saturated carbocycles. The van der Waals surface area contributed by atoms with E-state index in [0.717, 1.165) is 0 Å². The van der Waals surface area contributed by atoms with E-state index in [1.165, 1.54) is 243 Å². The summed E-state index contributed by atoms with van der Waals surface area (Å²) in [5.74, 6) is 2.82. The smallest absolute Gasteiger partial charge is 0.107 e. The lowest BCUT2D eigenvalue weighted by molar-refractivity contribution is 0.438. The lowest BCUT2D eigenvalue weighted by Gasteiger charge is -2.09. The van der Waals surface area contributed by atoms with Gasteiger partial charge < -0.3 is 4.42 Å². The van der Waals surface area contributed by atoms with Crippen molar-refractivity contribution in [2.75, 3.05) is 0 Å². The SMILES string of the molecule is CCCCCCCCCCc1oc(CCCCCCCCCC)c(CCCCCCCCCC)c1CCCCCCCCCC. The van der Waals surface area contributed by atoms with Gasteiger partial charge in [0.15, 0.2) is 0 Å². The molecule has 0 aliphatic rings. The Hall–Kier alpha value is -0.720. The summed E-state index contributed by atoms with van der Waals surface area (Å²) in [6, 6.07) is 0. The number of unbranched alkanes of at least 4 members (excludes halogenated alkanes) is 28. The van der Waals surface area contributed by atoms with E-state index in [0.29, 0.717) is 0 Å². The second-order valence-corrected chi connectivity index (χ2v) is 14.8. The molecule has 0 amide bonds. The first-order chi connectivity index (χ1) is 22.3. The van der Waals surface area contributed by atoms with Crippen molar-refractivity contribution in [3.8, 4) is 0 Å². The molecule has 0 aromatic carbocycles. The van der Waals surface area contributed by atoms with E-state index in [1.54, 1.807) is 11.1 Å². The summed E-state index contributed by atoms with van der Waals surface area (Å²) in [6.45, 7) is 9.29. The molecule has 1 aromatic rings. The highest BCUT2D eigenvalue weighted by molar-refractivity contribution is 5.35. The Labute approximate surface area is 285 Å². The summed E-state index contributed by atoms with van der Waals surface area (Å²) in [4.78, 5) is 0. The summed E-state index contributed by atoms with van der Waals surface area (Å²) >= 11 is 0. The molecule has 1 heteroatoms. The number of hydrogen-bond acceptors (Lipinski definition) is 1. The fourth-order valence-corrected chi connectivity index (χ4v) is 7.30. The first-order valence-electron chi connectivity index (χ1n) is 21.4. The van der Waals surface area contributed by atoms with Gasteiger partial charge >= 0.3 is 0 Å². The van der Waals surface area contributed by atoms with Gasteiger partial charge in [-0.25, -0.2) is 0 Å². The van der Waals surface area contributed by atoms with Crippen LogP contribution in [0.4, 0.5) is 0 Å². The summed E-state index contributed by atoms with van der Waals surface area (Å²) in [5, 5.41) is 0. The Bertz CT molecular complexity index is 656. The maximum atomic E-state index is 6.91. The zero-order valence-corrected chi connectivity index (χ0v) is 31.9. The van der Waals surface area contributed by atoms with Crippen molar-refractivity contribution in [1.82, 2.24) is 0 Å². The molecule has 0 bridgehead atoms. The quantitative estimate of drug-likeness (QED) is 0.0674. The normalized spacial score (nSPS) is 11.6. The molecule has 0 aliphatic carbocycles. The molecule has 0 fully saturated rings. The van der Waals surface area contributed by atoms with Gasteiger partial charge in [0.1, 0.15) is 11.5 Å². The number of hydrogen-bond donors (Lipinski definition) is 0. The standard InChI is InChI=1S/C44H84O/c1-5-9-13-17-21-25-29-33-37-41-42(38-34-30-26-22-18-14-10-6-2)44(40-36-32-28-24-20-16-12-8-4)45-43(41)39-35-31-27-23-19-15-11-7-3/h5-40H2,1-4H3. The molecule has 0 unspecified atom stereocenters. The van der Waals surface area contributed by atoms with Gasteiger partial charge in [0.2, 0.25) is 0 Å². The zero-order chi connectivity index (χ0) is 32.5. The van der Waals surface area contributed by atoms with Crippen molar-refractivity contribution in [3.05, 3.63) is 22.6 Å². The maximum Gasteiger partial charge on any atom is 0.107 e. The summed E-state index contributed by atoms with van der Waals surface area (Å²) in [5.41, 5.74) is 3.36. The minimum absolute atomic E-state index is 1.18. The van der Waals surface area contributed by atoms with Crippen LogP contribution in [0.3, 0.4) is 0 Å². The van der Waals surface area contributed by atoms with Crippen LogP contribution in [0.25, 0.3) is 0 Å². The molecule has 0 atom stereocenters. The van der Waals surface area contributed by atoms with Crippen molar-refractivity contribution in [1.29, 1.82) is 0 Å². The lowest BCUT2D eigenvalue weighted by Crippen LogP contribution is -1.99. The summed E-state index contributed by atoms with van der Waals surface area (Å²) < 4.78 is 6.91. The molecule has 45 heavy (non-hydrogen) atoms. The van der Waals surface area contributed by atoms with E-state index in [-0.39, 0.29) is 0 Å². The topological polar surface area (TPSA) is 13.1 Å². The molecular formula is C44H84O. The Morgan fingerprint density at radius 3 is 0.689 bits per heavy atom. The van der Waals surface area contributed by atoms with Crippen LogP contribution in [0.15, 0.2) is 4.42 Å². The predicted molar refractivity (Wildman–Crippen MR) is 204 cm³/mol. The number of furan rings is 1. The minimum Gasteiger partial charge on any atom is -0.466 e. The van der Waals surface area contributed by atoms with Crippen LogP contribution >= 0.6 is 0 Å². The zero-order valence-electron chi connectivity index (χ0n) is 31.9. The molecule has 1 heterocycles. The number of rotatable bonds is 36. The van der Waals surface area contributed by atoms with E-state index < -0.39 is 0 Å². The van der Waals surface area contributed by atoms with Crippen LogP contribution < -0.4 is 0 Å². The van der Waals surface area contributed by atoms with E-state index in [9.17, 15) is 0 Å². The molecule has 1 rings (SSSR count). The molecule has 1 nitrogen and oxygen atoms in total. The van der Waals surface area contributed by atoms with Crippen LogP contribution in [0.1, 0.15) is 256 Å². The van der Waals surface area contributed by atoms with Crippen LogP contribution in [-0.4, -0.2) is 0 Å². The van der Waals surface area contributed by atoms with E-state index >= 15 is 0 Å². The van der Waals surface area contributed by atoms with E-state index in [2.05, 4.69) is 27.7 Å². The third kappa shape index (κ3) is 24.1. The Balaban J connectivity index is 2.79. The Morgan fingerprint density at radius 1 is 0.244 bits per heavy atom. The second kappa shape index (κ2) is 33.2. The molecule has 0 aliphatic heterocycles. The Morgan fingerprint density at radius 2 is 0.444 bits per heavy atom. The van der Waals surface area contributed by atoms with Gasteiger partial charge in [0.25, 0.3) is 0 Å². The van der Waals surface area contributed by atoms with Crippen LogP contribution in [0, 0.1) is 0 Å². The highest BCUT2D eigenvalue weighted by Gasteiger charge is 2.19. The third-order valence-electron chi connectivity index (χ3n) is 10.4. The molecule has 266 valence electrons. The molecule has 0 saturated heterocycles. The molecule has 0 N–H and O–H groups in total. The van der Waals surface area contributed by atoms with Crippen LogP contribution in [0.5, 0.6) is 0 Å². The van der Waals surface area contributed by atoms with Crippen molar-refractivity contribution in [2.45, 2.75) is 259 Å². The van der Waals surface area contributed by atoms with Gasteiger partial charge in [-0.2, -0.15) is 0 Å². The maximum absolute atomic E-state index is 6.91. The van der Waals surface area contributed by atoms with Crippen molar-refractivity contribution < 1.29 is 4.42 Å². The highest BCUT2D eigenvalue weighted by atomic mass is 16.3. The first-order valence-corrected chi connectivity index (χ1v) is 21.4. The molecule has 1 aromatic heterocycles. The van der Waals surface area contributed by atoms with Gasteiger partial charge in [-0.1, -0.05) is 207 Å².